The summed E-state index contributed by atoms with van der Waals surface area (Å²) in [6.45, 7) is 5.91. The Hall–Kier alpha value is -3.03. The molecule has 29 heavy (non-hydrogen) atoms. The van der Waals surface area contributed by atoms with Gasteiger partial charge in [-0.2, -0.15) is 4.98 Å². The number of fused-ring (bicyclic) bond motifs is 1. The average molecular weight is 409 g/mol. The van der Waals surface area contributed by atoms with E-state index in [2.05, 4.69) is 30.6 Å². The minimum Gasteiger partial charge on any atom is -0.369 e. The van der Waals surface area contributed by atoms with Gasteiger partial charge < -0.3 is 15.7 Å². The summed E-state index contributed by atoms with van der Waals surface area (Å²) in [7, 11) is 0. The molecule has 4 rings (SSSR count). The first-order valence-corrected chi connectivity index (χ1v) is 9.67. The SMILES string of the molecule is Cc1cncc(-c2ccc(C3=Cc4cnc(NC(C)C)nc4NC3O)c(Cl)c2)n1. The Balaban J connectivity index is 1.68. The number of aryl methyl sites for hydroxylation is 1. The van der Waals surface area contributed by atoms with Crippen molar-refractivity contribution in [3.63, 3.8) is 0 Å². The van der Waals surface area contributed by atoms with E-state index in [0.29, 0.717) is 22.4 Å². The van der Waals surface area contributed by atoms with Gasteiger partial charge in [0.15, 0.2) is 6.23 Å². The topological polar surface area (TPSA) is 95.9 Å². The van der Waals surface area contributed by atoms with Crippen LogP contribution in [0, 0.1) is 6.92 Å². The molecule has 0 saturated carbocycles. The van der Waals surface area contributed by atoms with Crippen molar-refractivity contribution < 1.29 is 5.11 Å². The van der Waals surface area contributed by atoms with Gasteiger partial charge in [0, 0.05) is 45.7 Å². The third-order valence-corrected chi connectivity index (χ3v) is 4.76. The van der Waals surface area contributed by atoms with E-state index in [0.717, 1.165) is 28.1 Å². The van der Waals surface area contributed by atoms with E-state index in [1.165, 1.54) is 0 Å². The van der Waals surface area contributed by atoms with Crippen LogP contribution >= 0.6 is 11.6 Å². The Morgan fingerprint density at radius 1 is 1.17 bits per heavy atom. The van der Waals surface area contributed by atoms with Gasteiger partial charge in [-0.05, 0) is 32.9 Å². The molecule has 0 aliphatic carbocycles. The fourth-order valence-electron chi connectivity index (χ4n) is 3.13. The number of benzene rings is 1. The quantitative estimate of drug-likeness (QED) is 0.600. The highest BCUT2D eigenvalue weighted by molar-refractivity contribution is 6.33. The maximum atomic E-state index is 10.6. The molecule has 1 aromatic carbocycles. The summed E-state index contributed by atoms with van der Waals surface area (Å²) in [4.78, 5) is 17.4. The number of aliphatic hydroxyl groups excluding tert-OH is 1. The van der Waals surface area contributed by atoms with Gasteiger partial charge in [0.2, 0.25) is 5.95 Å². The first kappa shape index (κ1) is 19.3. The van der Waals surface area contributed by atoms with Crippen molar-refractivity contribution in [2.24, 2.45) is 0 Å². The van der Waals surface area contributed by atoms with E-state index in [4.69, 9.17) is 11.6 Å². The lowest BCUT2D eigenvalue weighted by Gasteiger charge is -2.24. The molecule has 2 aromatic heterocycles. The molecule has 1 unspecified atom stereocenters. The number of anilines is 2. The van der Waals surface area contributed by atoms with Crippen LogP contribution in [0.3, 0.4) is 0 Å². The number of nitrogens with zero attached hydrogens (tertiary/aromatic N) is 4. The van der Waals surface area contributed by atoms with Gasteiger partial charge in [0.25, 0.3) is 0 Å². The predicted molar refractivity (Wildman–Crippen MR) is 116 cm³/mol. The van der Waals surface area contributed by atoms with E-state index in [1.807, 2.05) is 45.0 Å². The van der Waals surface area contributed by atoms with Crippen molar-refractivity contribution in [1.29, 1.82) is 0 Å². The number of rotatable bonds is 4. The standard InChI is InChI=1S/C21H21ClN6O/c1-11(2)25-21-24-9-14-6-16(20(29)27-19(14)28-21)15-5-4-13(7-17(15)22)18-10-23-8-12(3)26-18/h4-11,20,29H,1-3H3,(H2,24,25,27,28). The van der Waals surface area contributed by atoms with E-state index >= 15 is 0 Å². The first-order valence-electron chi connectivity index (χ1n) is 9.29. The second-order valence-electron chi connectivity index (χ2n) is 7.18. The first-order chi connectivity index (χ1) is 13.9. The van der Waals surface area contributed by atoms with E-state index in [1.54, 1.807) is 18.6 Å². The van der Waals surface area contributed by atoms with E-state index < -0.39 is 6.23 Å². The normalized spacial score (nSPS) is 15.5. The summed E-state index contributed by atoms with van der Waals surface area (Å²) in [5, 5.41) is 17.3. The van der Waals surface area contributed by atoms with Crippen LogP contribution in [0.1, 0.15) is 30.7 Å². The number of aliphatic hydroxyl groups is 1. The molecular formula is C21H21ClN6O. The van der Waals surface area contributed by atoms with Crippen molar-refractivity contribution in [3.8, 4) is 11.3 Å². The summed E-state index contributed by atoms with van der Waals surface area (Å²) in [6.07, 6.45) is 6.03. The van der Waals surface area contributed by atoms with E-state index in [9.17, 15) is 5.11 Å². The lowest BCUT2D eigenvalue weighted by atomic mass is 9.97. The van der Waals surface area contributed by atoms with Gasteiger partial charge in [0.05, 0.1) is 17.6 Å². The molecule has 0 radical (unpaired) electrons. The average Bonchev–Trinajstić information content (AvgIpc) is 2.67. The molecule has 1 atom stereocenters. The number of hydrogen-bond donors (Lipinski definition) is 3. The smallest absolute Gasteiger partial charge is 0.224 e. The molecule has 8 heteroatoms. The van der Waals surface area contributed by atoms with Gasteiger partial charge in [-0.3, -0.25) is 4.98 Å². The molecule has 3 N–H and O–H groups in total. The highest BCUT2D eigenvalue weighted by atomic mass is 35.5. The van der Waals surface area contributed by atoms with Crippen LogP contribution in [0.5, 0.6) is 0 Å². The number of nitrogens with one attached hydrogen (secondary N) is 2. The van der Waals surface area contributed by atoms with Gasteiger partial charge in [-0.15, -0.1) is 0 Å². The highest BCUT2D eigenvalue weighted by Crippen LogP contribution is 2.35. The minimum absolute atomic E-state index is 0.211. The van der Waals surface area contributed by atoms with Crippen molar-refractivity contribution in [2.75, 3.05) is 10.6 Å². The Morgan fingerprint density at radius 2 is 2.00 bits per heavy atom. The lowest BCUT2D eigenvalue weighted by Crippen LogP contribution is -2.25. The van der Waals surface area contributed by atoms with E-state index in [-0.39, 0.29) is 6.04 Å². The molecule has 0 amide bonds. The fourth-order valence-corrected chi connectivity index (χ4v) is 3.42. The second-order valence-corrected chi connectivity index (χ2v) is 7.59. The summed E-state index contributed by atoms with van der Waals surface area (Å²) in [5.41, 5.74) is 4.61. The molecule has 1 aliphatic heterocycles. The second kappa shape index (κ2) is 7.77. The van der Waals surface area contributed by atoms with Crippen molar-refractivity contribution >= 4 is 35.0 Å². The molecule has 0 spiro atoms. The fraction of sp³-hybridized carbons (Fsp3) is 0.238. The van der Waals surface area contributed by atoms with Crippen molar-refractivity contribution in [2.45, 2.75) is 33.0 Å². The van der Waals surface area contributed by atoms with Crippen LogP contribution in [0.15, 0.2) is 36.8 Å². The molecule has 0 saturated heterocycles. The predicted octanol–water partition coefficient (Wildman–Crippen LogP) is 4.00. The van der Waals surface area contributed by atoms with Gasteiger partial charge >= 0.3 is 0 Å². The minimum atomic E-state index is -0.939. The number of hydrogen-bond acceptors (Lipinski definition) is 7. The molecule has 1 aliphatic rings. The molecule has 0 fully saturated rings. The third-order valence-electron chi connectivity index (χ3n) is 4.44. The van der Waals surface area contributed by atoms with Gasteiger partial charge in [-0.25, -0.2) is 9.97 Å². The molecule has 148 valence electrons. The summed E-state index contributed by atoms with van der Waals surface area (Å²) in [5.74, 6) is 1.08. The Labute approximate surface area is 173 Å². The largest absolute Gasteiger partial charge is 0.369 e. The zero-order valence-corrected chi connectivity index (χ0v) is 17.1. The van der Waals surface area contributed by atoms with Crippen LogP contribution < -0.4 is 10.6 Å². The summed E-state index contributed by atoms with van der Waals surface area (Å²) >= 11 is 6.56. The van der Waals surface area contributed by atoms with Crippen LogP contribution in [0.25, 0.3) is 22.9 Å². The zero-order chi connectivity index (χ0) is 20.5. The molecule has 0 bridgehead atoms. The van der Waals surface area contributed by atoms with Gasteiger partial charge in [-0.1, -0.05) is 23.7 Å². The number of halogens is 1. The van der Waals surface area contributed by atoms with Crippen molar-refractivity contribution in [1.82, 2.24) is 19.9 Å². The van der Waals surface area contributed by atoms with Gasteiger partial charge in [0.1, 0.15) is 5.82 Å². The van der Waals surface area contributed by atoms with Crippen LogP contribution in [0.2, 0.25) is 5.02 Å². The Morgan fingerprint density at radius 3 is 2.72 bits per heavy atom. The number of aromatic nitrogens is 4. The monoisotopic (exact) mass is 408 g/mol. The summed E-state index contributed by atoms with van der Waals surface area (Å²) < 4.78 is 0. The molecule has 7 nitrogen and oxygen atoms in total. The molecule has 3 aromatic rings. The third kappa shape index (κ3) is 4.06. The Bertz CT molecular complexity index is 1100. The Kier molecular flexibility index (Phi) is 5.17. The molecular weight excluding hydrogens is 388 g/mol. The van der Waals surface area contributed by atoms with Crippen LogP contribution in [-0.4, -0.2) is 37.3 Å². The van der Waals surface area contributed by atoms with Crippen LogP contribution in [-0.2, 0) is 0 Å². The van der Waals surface area contributed by atoms with Crippen LogP contribution in [0.4, 0.5) is 11.8 Å². The lowest BCUT2D eigenvalue weighted by molar-refractivity contribution is 0.260. The maximum absolute atomic E-state index is 10.6. The maximum Gasteiger partial charge on any atom is 0.224 e. The highest BCUT2D eigenvalue weighted by Gasteiger charge is 2.23. The molecule has 3 heterocycles. The van der Waals surface area contributed by atoms with Crippen molar-refractivity contribution in [3.05, 3.63) is 58.6 Å². The zero-order valence-electron chi connectivity index (χ0n) is 16.3. The summed E-state index contributed by atoms with van der Waals surface area (Å²) in [6, 6.07) is 5.83.